The molecule has 0 aromatic heterocycles. The second-order valence-electron chi connectivity index (χ2n) is 6.63. The van der Waals surface area contributed by atoms with Crippen molar-refractivity contribution in [2.24, 2.45) is 0 Å². The summed E-state index contributed by atoms with van der Waals surface area (Å²) in [7, 11) is 0. The largest absolute Gasteiger partial charge is 0.143 e. The highest BCUT2D eigenvalue weighted by Gasteiger charge is 2.13. The number of benzene rings is 4. The summed E-state index contributed by atoms with van der Waals surface area (Å²) in [6.07, 6.45) is 5.22. The van der Waals surface area contributed by atoms with Gasteiger partial charge in [0.25, 0.3) is 0 Å². The van der Waals surface area contributed by atoms with Crippen molar-refractivity contribution in [3.8, 4) is 0 Å². The predicted octanol–water partition coefficient (Wildman–Crippen LogP) is 6.85. The fourth-order valence-electron chi connectivity index (χ4n) is 3.77. The Balaban J connectivity index is 0.000000190. The number of fused-ring (bicyclic) bond motifs is 5. The zero-order valence-electron chi connectivity index (χ0n) is 14.3. The van der Waals surface area contributed by atoms with Crippen molar-refractivity contribution in [3.05, 3.63) is 90.0 Å². The maximum absolute atomic E-state index is 4.08. The third-order valence-electron chi connectivity index (χ3n) is 5.01. The second-order valence-corrected chi connectivity index (χ2v) is 7.14. The summed E-state index contributed by atoms with van der Waals surface area (Å²) in [5.41, 5.74) is 3.17. The Morgan fingerprint density at radius 3 is 2.08 bits per heavy atom. The average Bonchev–Trinajstić information content (AvgIpc) is 2.68. The van der Waals surface area contributed by atoms with E-state index in [0.717, 1.165) is 4.90 Å². The number of aryl methyl sites for hydroxylation is 2. The number of thiol groups is 1. The summed E-state index contributed by atoms with van der Waals surface area (Å²) in [5.74, 6) is 0. The van der Waals surface area contributed by atoms with Crippen LogP contribution in [0.2, 0.25) is 0 Å². The molecule has 0 heterocycles. The highest BCUT2D eigenvalue weighted by atomic mass is 32.1. The highest BCUT2D eigenvalue weighted by Crippen LogP contribution is 2.33. The first-order valence-electron chi connectivity index (χ1n) is 8.99. The van der Waals surface area contributed by atoms with Crippen molar-refractivity contribution in [1.82, 2.24) is 0 Å². The molecule has 0 radical (unpaired) electrons. The summed E-state index contributed by atoms with van der Waals surface area (Å²) in [5, 5.41) is 5.64. The monoisotopic (exact) mass is 342 g/mol. The second kappa shape index (κ2) is 7.33. The van der Waals surface area contributed by atoms with Crippen LogP contribution in [0.25, 0.3) is 21.5 Å². The van der Waals surface area contributed by atoms with Gasteiger partial charge >= 0.3 is 0 Å². The van der Waals surface area contributed by atoms with Gasteiger partial charge in [-0.25, -0.2) is 0 Å². The van der Waals surface area contributed by atoms with Crippen LogP contribution in [0.3, 0.4) is 0 Å². The molecule has 0 atom stereocenters. The van der Waals surface area contributed by atoms with Crippen LogP contribution in [0.5, 0.6) is 0 Å². The van der Waals surface area contributed by atoms with E-state index in [1.54, 1.807) is 11.1 Å². The molecule has 5 rings (SSSR count). The summed E-state index contributed by atoms with van der Waals surface area (Å²) < 4.78 is 0. The molecular formula is C24H22S. The Hall–Kier alpha value is -2.25. The van der Waals surface area contributed by atoms with Gasteiger partial charge in [-0.15, -0.1) is 12.6 Å². The minimum atomic E-state index is 1.02. The molecule has 0 spiro atoms. The zero-order valence-corrected chi connectivity index (χ0v) is 15.2. The van der Waals surface area contributed by atoms with Crippen molar-refractivity contribution in [1.29, 1.82) is 0 Å². The average molecular weight is 343 g/mol. The van der Waals surface area contributed by atoms with Gasteiger partial charge in [-0.2, -0.15) is 0 Å². The molecule has 4 aromatic rings. The van der Waals surface area contributed by atoms with Crippen LogP contribution in [0.15, 0.2) is 83.8 Å². The predicted molar refractivity (Wildman–Crippen MR) is 112 cm³/mol. The Labute approximate surface area is 154 Å². The van der Waals surface area contributed by atoms with Gasteiger partial charge in [-0.1, -0.05) is 66.7 Å². The lowest BCUT2D eigenvalue weighted by Gasteiger charge is -2.18. The Morgan fingerprint density at radius 2 is 1.28 bits per heavy atom. The molecule has 0 unspecified atom stereocenters. The van der Waals surface area contributed by atoms with Gasteiger partial charge < -0.3 is 0 Å². The van der Waals surface area contributed by atoms with Crippen molar-refractivity contribution < 1.29 is 0 Å². The fourth-order valence-corrected chi connectivity index (χ4v) is 3.94. The molecule has 0 N–H and O–H groups in total. The van der Waals surface area contributed by atoms with Gasteiger partial charge in [-0.3, -0.25) is 0 Å². The van der Waals surface area contributed by atoms with E-state index in [1.807, 2.05) is 30.3 Å². The normalized spacial score (nSPS) is 13.2. The van der Waals surface area contributed by atoms with Crippen LogP contribution in [0.4, 0.5) is 0 Å². The first kappa shape index (κ1) is 16.2. The smallest absolute Gasteiger partial charge is 0.00399 e. The molecule has 1 aliphatic rings. The van der Waals surface area contributed by atoms with Gasteiger partial charge in [0, 0.05) is 4.90 Å². The van der Waals surface area contributed by atoms with E-state index in [9.17, 15) is 0 Å². The standard InChI is InChI=1S/C18H16.C6H6S/c1-3-7-15-13(5-1)9-11-18-16-8-4-2-6-14(16)10-12-17(15)18;7-6-4-2-1-3-5-6/h1,3,5,7,9-12H,2,4,6,8H2;1-5,7H. The number of hydrogen-bond acceptors (Lipinski definition) is 1. The molecule has 0 amide bonds. The van der Waals surface area contributed by atoms with Crippen molar-refractivity contribution in [2.75, 3.05) is 0 Å². The van der Waals surface area contributed by atoms with E-state index in [4.69, 9.17) is 0 Å². The molecule has 124 valence electrons. The molecule has 1 aliphatic carbocycles. The van der Waals surface area contributed by atoms with Gasteiger partial charge in [0.05, 0.1) is 0 Å². The quantitative estimate of drug-likeness (QED) is 0.262. The maximum Gasteiger partial charge on any atom is 0.00399 e. The van der Waals surface area contributed by atoms with Crippen LogP contribution < -0.4 is 0 Å². The Morgan fingerprint density at radius 1 is 0.560 bits per heavy atom. The number of rotatable bonds is 0. The highest BCUT2D eigenvalue weighted by molar-refractivity contribution is 7.80. The Bertz CT molecular complexity index is 1000. The van der Waals surface area contributed by atoms with Crippen molar-refractivity contribution in [3.63, 3.8) is 0 Å². The van der Waals surface area contributed by atoms with Crippen molar-refractivity contribution >= 4 is 34.2 Å². The van der Waals surface area contributed by atoms with E-state index >= 15 is 0 Å². The van der Waals surface area contributed by atoms with E-state index in [0.29, 0.717) is 0 Å². The van der Waals surface area contributed by atoms with E-state index in [2.05, 4.69) is 61.2 Å². The SMILES string of the molecule is Sc1ccccc1.c1ccc2c(c1)ccc1c3c(ccc12)CCCC3. The molecule has 25 heavy (non-hydrogen) atoms. The van der Waals surface area contributed by atoms with E-state index < -0.39 is 0 Å². The number of hydrogen-bond donors (Lipinski definition) is 1. The van der Waals surface area contributed by atoms with E-state index in [-0.39, 0.29) is 0 Å². The Kier molecular flexibility index (Phi) is 4.76. The van der Waals surface area contributed by atoms with E-state index in [1.165, 1.54) is 47.2 Å². The molecule has 0 saturated heterocycles. The lowest BCUT2D eigenvalue weighted by atomic mass is 9.86. The van der Waals surface area contributed by atoms with Gasteiger partial charge in [0.1, 0.15) is 0 Å². The molecular weight excluding hydrogens is 320 g/mol. The first-order chi connectivity index (χ1) is 12.3. The summed E-state index contributed by atoms with van der Waals surface area (Å²) in [6, 6.07) is 27.8. The summed E-state index contributed by atoms with van der Waals surface area (Å²) >= 11 is 4.08. The van der Waals surface area contributed by atoms with Crippen LogP contribution in [-0.4, -0.2) is 0 Å². The molecule has 4 aromatic carbocycles. The van der Waals surface area contributed by atoms with Crippen LogP contribution >= 0.6 is 12.6 Å². The molecule has 0 saturated carbocycles. The van der Waals surface area contributed by atoms with Gasteiger partial charge in [-0.05, 0) is 70.5 Å². The van der Waals surface area contributed by atoms with Crippen molar-refractivity contribution in [2.45, 2.75) is 30.6 Å². The summed E-state index contributed by atoms with van der Waals surface area (Å²) in [6.45, 7) is 0. The molecule has 0 bridgehead atoms. The lowest BCUT2D eigenvalue weighted by Crippen LogP contribution is -2.02. The topological polar surface area (TPSA) is 0 Å². The fraction of sp³-hybridized carbons (Fsp3) is 0.167. The molecule has 0 nitrogen and oxygen atoms in total. The molecule has 1 heteroatoms. The lowest BCUT2D eigenvalue weighted by molar-refractivity contribution is 0.690. The summed E-state index contributed by atoms with van der Waals surface area (Å²) in [4.78, 5) is 1.02. The van der Waals surface area contributed by atoms with Crippen LogP contribution in [-0.2, 0) is 12.8 Å². The third-order valence-corrected chi connectivity index (χ3v) is 5.31. The molecule has 0 fully saturated rings. The molecule has 0 aliphatic heterocycles. The van der Waals surface area contributed by atoms with Gasteiger partial charge in [0.2, 0.25) is 0 Å². The van der Waals surface area contributed by atoms with Crippen LogP contribution in [0, 0.1) is 0 Å². The first-order valence-corrected chi connectivity index (χ1v) is 9.44. The van der Waals surface area contributed by atoms with Crippen LogP contribution in [0.1, 0.15) is 24.0 Å². The minimum absolute atomic E-state index is 1.02. The zero-order chi connectivity index (χ0) is 17.1. The van der Waals surface area contributed by atoms with Gasteiger partial charge in [0.15, 0.2) is 0 Å². The maximum atomic E-state index is 4.08. The minimum Gasteiger partial charge on any atom is -0.143 e. The third kappa shape index (κ3) is 3.43.